The maximum atomic E-state index is 13.5. The summed E-state index contributed by atoms with van der Waals surface area (Å²) in [6.07, 6.45) is 5.83. The Balaban J connectivity index is 1.48. The van der Waals surface area contributed by atoms with Gasteiger partial charge in [-0.15, -0.1) is 0 Å². The van der Waals surface area contributed by atoms with Gasteiger partial charge in [-0.1, -0.05) is 17.7 Å². The van der Waals surface area contributed by atoms with E-state index in [9.17, 15) is 4.79 Å². The molecular formula is C24H29ClN6O2. The largest absolute Gasteiger partial charge is 0.495 e. The summed E-state index contributed by atoms with van der Waals surface area (Å²) >= 11 is 6.47. The van der Waals surface area contributed by atoms with Gasteiger partial charge in [-0.2, -0.15) is 5.10 Å². The summed E-state index contributed by atoms with van der Waals surface area (Å²) in [5, 5.41) is 5.16. The summed E-state index contributed by atoms with van der Waals surface area (Å²) in [6.45, 7) is 4.44. The fourth-order valence-electron chi connectivity index (χ4n) is 4.95. The molecule has 2 atom stereocenters. The van der Waals surface area contributed by atoms with E-state index in [-0.39, 0.29) is 18.0 Å². The average Bonchev–Trinajstić information content (AvgIpc) is 3.44. The van der Waals surface area contributed by atoms with Gasteiger partial charge in [0.05, 0.1) is 29.4 Å². The number of anilines is 1. The summed E-state index contributed by atoms with van der Waals surface area (Å²) in [7, 11) is 1.55. The molecule has 2 aliphatic heterocycles. The van der Waals surface area contributed by atoms with Crippen molar-refractivity contribution in [3.63, 3.8) is 0 Å². The van der Waals surface area contributed by atoms with Crippen molar-refractivity contribution in [2.24, 2.45) is 5.73 Å². The molecule has 0 radical (unpaired) electrons. The van der Waals surface area contributed by atoms with Gasteiger partial charge in [0.1, 0.15) is 11.6 Å². The van der Waals surface area contributed by atoms with Crippen LogP contribution in [0.15, 0.2) is 30.5 Å². The highest BCUT2D eigenvalue weighted by atomic mass is 35.5. The molecule has 2 N–H and O–H groups in total. The summed E-state index contributed by atoms with van der Waals surface area (Å²) < 4.78 is 7.13. The number of ether oxygens (including phenoxy) is 1. The van der Waals surface area contributed by atoms with Crippen LogP contribution in [0.2, 0.25) is 5.02 Å². The molecule has 2 fully saturated rings. The predicted octanol–water partition coefficient (Wildman–Crippen LogP) is 3.60. The molecule has 33 heavy (non-hydrogen) atoms. The average molecular weight is 469 g/mol. The Hall–Kier alpha value is -2.84. The minimum atomic E-state index is -0.126. The van der Waals surface area contributed by atoms with E-state index in [1.54, 1.807) is 25.3 Å². The maximum absolute atomic E-state index is 13.5. The van der Waals surface area contributed by atoms with E-state index in [0.29, 0.717) is 22.9 Å². The topological polar surface area (TPSA) is 89.0 Å². The molecular weight excluding hydrogens is 440 g/mol. The number of aromatic nitrogens is 3. The fraction of sp³-hybridized carbons (Fsp3) is 0.458. The number of rotatable bonds is 4. The third-order valence-electron chi connectivity index (χ3n) is 6.67. The number of carbonyl (C=O) groups excluding carboxylic acids is 1. The monoisotopic (exact) mass is 468 g/mol. The van der Waals surface area contributed by atoms with Gasteiger partial charge in [0, 0.05) is 43.5 Å². The van der Waals surface area contributed by atoms with E-state index >= 15 is 0 Å². The second-order valence-corrected chi connectivity index (χ2v) is 9.32. The third kappa shape index (κ3) is 4.02. The Bertz CT molecular complexity index is 1200. The van der Waals surface area contributed by atoms with E-state index in [1.165, 1.54) is 0 Å². The molecule has 1 amide bonds. The fourth-order valence-corrected chi connectivity index (χ4v) is 5.24. The molecule has 174 valence electrons. The molecule has 5 rings (SSSR count). The zero-order valence-electron chi connectivity index (χ0n) is 19.0. The zero-order chi connectivity index (χ0) is 23.1. The van der Waals surface area contributed by atoms with Crippen LogP contribution < -0.4 is 15.4 Å². The van der Waals surface area contributed by atoms with Crippen LogP contribution in [0.3, 0.4) is 0 Å². The second-order valence-electron chi connectivity index (χ2n) is 8.95. The van der Waals surface area contributed by atoms with E-state index in [2.05, 4.69) is 4.90 Å². The normalized spacial score (nSPS) is 21.1. The molecule has 0 spiro atoms. The van der Waals surface area contributed by atoms with Crippen LogP contribution in [0.25, 0.3) is 5.65 Å². The van der Waals surface area contributed by atoms with Crippen LogP contribution in [-0.2, 0) is 0 Å². The number of methoxy groups -OCH3 is 1. The summed E-state index contributed by atoms with van der Waals surface area (Å²) in [5.41, 5.74) is 9.25. The Morgan fingerprint density at radius 1 is 1.24 bits per heavy atom. The molecule has 4 heterocycles. The standard InChI is InChI=1S/C24H29ClN6O2/c1-15-13-31-21(27-23(15)29-11-9-16(26)14-29)12-18(28-31)19-7-3-4-10-30(19)24(32)17-6-5-8-20(33-2)22(17)25/h5-6,8,12-13,16,19H,3-4,7,9-11,14,26H2,1-2H3. The number of hydrogen-bond acceptors (Lipinski definition) is 6. The van der Waals surface area contributed by atoms with E-state index in [0.717, 1.165) is 61.5 Å². The number of halogens is 1. The molecule has 2 aliphatic rings. The van der Waals surface area contributed by atoms with Crippen molar-refractivity contribution in [3.05, 3.63) is 52.3 Å². The third-order valence-corrected chi connectivity index (χ3v) is 7.06. The van der Waals surface area contributed by atoms with E-state index in [1.807, 2.05) is 28.6 Å². The van der Waals surface area contributed by atoms with Crippen molar-refractivity contribution in [2.75, 3.05) is 31.6 Å². The van der Waals surface area contributed by atoms with Crippen molar-refractivity contribution in [2.45, 2.75) is 44.7 Å². The highest BCUT2D eigenvalue weighted by Crippen LogP contribution is 2.35. The van der Waals surface area contributed by atoms with Gasteiger partial charge in [-0.3, -0.25) is 4.79 Å². The Labute approximate surface area is 198 Å². The van der Waals surface area contributed by atoms with Gasteiger partial charge in [-0.25, -0.2) is 9.50 Å². The first-order chi connectivity index (χ1) is 16.0. The molecule has 2 unspecified atom stereocenters. The number of carbonyl (C=O) groups is 1. The van der Waals surface area contributed by atoms with Crippen LogP contribution in [0.4, 0.5) is 5.82 Å². The molecule has 1 aromatic carbocycles. The van der Waals surface area contributed by atoms with Crippen molar-refractivity contribution in [3.8, 4) is 5.75 Å². The number of nitrogens with zero attached hydrogens (tertiary/aromatic N) is 5. The number of piperidine rings is 1. The first-order valence-corrected chi connectivity index (χ1v) is 11.8. The summed E-state index contributed by atoms with van der Waals surface area (Å²) in [6, 6.07) is 7.36. The highest BCUT2D eigenvalue weighted by molar-refractivity contribution is 6.35. The lowest BCUT2D eigenvalue weighted by Crippen LogP contribution is -2.38. The summed E-state index contributed by atoms with van der Waals surface area (Å²) in [4.78, 5) is 22.6. The molecule has 0 saturated carbocycles. The molecule has 2 saturated heterocycles. The van der Waals surface area contributed by atoms with Gasteiger partial charge in [-0.05, 0) is 44.7 Å². The molecule has 0 aliphatic carbocycles. The second kappa shape index (κ2) is 8.83. The van der Waals surface area contributed by atoms with Gasteiger partial charge >= 0.3 is 0 Å². The number of nitrogens with two attached hydrogens (primary N) is 1. The van der Waals surface area contributed by atoms with Crippen molar-refractivity contribution < 1.29 is 9.53 Å². The zero-order valence-corrected chi connectivity index (χ0v) is 19.8. The lowest BCUT2D eigenvalue weighted by molar-refractivity contribution is 0.0605. The number of likely N-dealkylation sites (tertiary alicyclic amines) is 1. The van der Waals surface area contributed by atoms with Crippen LogP contribution in [0.1, 0.15) is 53.3 Å². The van der Waals surface area contributed by atoms with Gasteiger partial charge in [0.25, 0.3) is 5.91 Å². The molecule has 0 bridgehead atoms. The van der Waals surface area contributed by atoms with Gasteiger partial charge in [0.2, 0.25) is 0 Å². The minimum absolute atomic E-state index is 0.100. The minimum Gasteiger partial charge on any atom is -0.495 e. The van der Waals surface area contributed by atoms with E-state index < -0.39 is 0 Å². The van der Waals surface area contributed by atoms with Crippen molar-refractivity contribution >= 4 is 29.0 Å². The number of aryl methyl sites for hydroxylation is 1. The van der Waals surface area contributed by atoms with Gasteiger partial charge in [0.15, 0.2) is 5.65 Å². The lowest BCUT2D eigenvalue weighted by atomic mass is 9.98. The van der Waals surface area contributed by atoms with Crippen LogP contribution in [-0.4, -0.2) is 58.2 Å². The Kier molecular flexibility index (Phi) is 5.88. The van der Waals surface area contributed by atoms with Gasteiger partial charge < -0.3 is 20.3 Å². The van der Waals surface area contributed by atoms with Crippen LogP contribution in [0.5, 0.6) is 5.75 Å². The number of hydrogen-bond donors (Lipinski definition) is 1. The Morgan fingerprint density at radius 3 is 2.85 bits per heavy atom. The number of amides is 1. The Morgan fingerprint density at radius 2 is 2.09 bits per heavy atom. The molecule has 9 heteroatoms. The van der Waals surface area contributed by atoms with Crippen molar-refractivity contribution in [1.82, 2.24) is 19.5 Å². The highest BCUT2D eigenvalue weighted by Gasteiger charge is 2.32. The SMILES string of the molecule is COc1cccc(C(=O)N2CCCCC2c2cc3nc(N4CCC(N)C4)c(C)cn3n2)c1Cl. The van der Waals surface area contributed by atoms with Crippen LogP contribution in [0, 0.1) is 6.92 Å². The first-order valence-electron chi connectivity index (χ1n) is 11.5. The van der Waals surface area contributed by atoms with E-state index in [4.69, 9.17) is 32.2 Å². The number of benzene rings is 1. The summed E-state index contributed by atoms with van der Waals surface area (Å²) in [5.74, 6) is 1.36. The number of fused-ring (bicyclic) bond motifs is 1. The van der Waals surface area contributed by atoms with Crippen LogP contribution >= 0.6 is 11.6 Å². The molecule has 3 aromatic rings. The lowest BCUT2D eigenvalue weighted by Gasteiger charge is -2.35. The first kappa shape index (κ1) is 22.0. The molecule has 8 nitrogen and oxygen atoms in total. The maximum Gasteiger partial charge on any atom is 0.256 e. The quantitative estimate of drug-likeness (QED) is 0.629. The van der Waals surface area contributed by atoms with Crippen molar-refractivity contribution in [1.29, 1.82) is 0 Å². The predicted molar refractivity (Wildman–Crippen MR) is 128 cm³/mol. The molecule has 2 aromatic heterocycles. The smallest absolute Gasteiger partial charge is 0.256 e.